The number of nitriles is 1. The molecule has 4 rings (SSSR count). The van der Waals surface area contributed by atoms with Crippen LogP contribution in [0.5, 0.6) is 0 Å². The molecular weight excluding hydrogens is 410 g/mol. The second kappa shape index (κ2) is 8.50. The van der Waals surface area contributed by atoms with E-state index in [1.165, 1.54) is 16.3 Å². The summed E-state index contributed by atoms with van der Waals surface area (Å²) in [5.74, 6) is -3.79. The Morgan fingerprint density at radius 2 is 1.81 bits per heavy atom. The van der Waals surface area contributed by atoms with Crippen molar-refractivity contribution in [2.24, 2.45) is 22.7 Å². The fourth-order valence-electron chi connectivity index (χ4n) is 3.81. The molecule has 0 fully saturated rings. The van der Waals surface area contributed by atoms with Crippen molar-refractivity contribution in [3.63, 3.8) is 0 Å². The van der Waals surface area contributed by atoms with Crippen molar-refractivity contribution >= 4 is 34.0 Å². The molecule has 2 amide bonds. The number of benzene rings is 2. The highest BCUT2D eigenvalue weighted by Crippen LogP contribution is 2.39. The van der Waals surface area contributed by atoms with Crippen LogP contribution in [-0.4, -0.2) is 22.5 Å². The zero-order chi connectivity index (χ0) is 22.0. The van der Waals surface area contributed by atoms with E-state index in [4.69, 9.17) is 5.73 Å². The molecule has 2 aromatic carbocycles. The average Bonchev–Trinajstić information content (AvgIpc) is 3.38. The zero-order valence-electron chi connectivity index (χ0n) is 16.7. The van der Waals surface area contributed by atoms with Crippen LogP contribution in [0.25, 0.3) is 11.3 Å². The molecule has 154 valence electrons. The zero-order valence-corrected chi connectivity index (χ0v) is 17.5. The number of hydrazone groups is 1. The fourth-order valence-corrected chi connectivity index (χ4v) is 4.59. The van der Waals surface area contributed by atoms with Gasteiger partial charge in [-0.2, -0.15) is 15.4 Å². The Kier molecular flexibility index (Phi) is 5.60. The van der Waals surface area contributed by atoms with Crippen LogP contribution in [0.3, 0.4) is 0 Å². The van der Waals surface area contributed by atoms with Gasteiger partial charge in [0.1, 0.15) is 5.92 Å². The molecule has 0 saturated heterocycles. The topological polar surface area (TPSA) is 112 Å². The van der Waals surface area contributed by atoms with Crippen molar-refractivity contribution in [1.82, 2.24) is 4.98 Å². The maximum absolute atomic E-state index is 13.4. The van der Waals surface area contributed by atoms with E-state index in [0.717, 1.165) is 11.3 Å². The molecule has 1 aliphatic heterocycles. The van der Waals surface area contributed by atoms with Gasteiger partial charge in [-0.15, -0.1) is 11.3 Å². The van der Waals surface area contributed by atoms with Crippen molar-refractivity contribution in [3.8, 4) is 17.3 Å². The number of amides is 2. The Hall–Kier alpha value is -3.83. The SMILES string of the molecule is CC1=NN(c2nc(-c3ccccc3)cs2)C(=O)[C@H]1[C@H](c1ccccc1)[C@@H](C#N)C(N)=O. The highest BCUT2D eigenvalue weighted by atomic mass is 32.1. The first-order chi connectivity index (χ1) is 15.0. The molecule has 2 N–H and O–H groups in total. The fraction of sp³-hybridized carbons (Fsp3) is 0.174. The number of nitrogens with two attached hydrogens (primary N) is 1. The minimum absolute atomic E-state index is 0.332. The molecule has 1 aromatic heterocycles. The minimum atomic E-state index is -1.17. The Bertz CT molecular complexity index is 1180. The second-order valence-corrected chi connectivity index (χ2v) is 8.03. The highest BCUT2D eigenvalue weighted by molar-refractivity contribution is 7.14. The normalized spacial score (nSPS) is 17.7. The maximum atomic E-state index is 13.4. The molecule has 0 aliphatic carbocycles. The molecule has 0 spiro atoms. The largest absolute Gasteiger partial charge is 0.369 e. The van der Waals surface area contributed by atoms with E-state index >= 15 is 0 Å². The van der Waals surface area contributed by atoms with Gasteiger partial charge in [-0.25, -0.2) is 4.98 Å². The first kappa shape index (κ1) is 20.4. The number of nitrogens with zero attached hydrogens (tertiary/aromatic N) is 4. The Morgan fingerprint density at radius 1 is 1.16 bits per heavy atom. The number of anilines is 1. The van der Waals surface area contributed by atoms with Crippen LogP contribution in [0.2, 0.25) is 0 Å². The van der Waals surface area contributed by atoms with Crippen molar-refractivity contribution < 1.29 is 9.59 Å². The lowest BCUT2D eigenvalue weighted by atomic mass is 9.75. The summed E-state index contributed by atoms with van der Waals surface area (Å²) >= 11 is 1.31. The summed E-state index contributed by atoms with van der Waals surface area (Å²) in [5, 5.41) is 17.7. The van der Waals surface area contributed by atoms with Crippen molar-refractivity contribution in [1.29, 1.82) is 5.26 Å². The van der Waals surface area contributed by atoms with E-state index in [1.807, 2.05) is 47.8 Å². The molecule has 0 bridgehead atoms. The van der Waals surface area contributed by atoms with Gasteiger partial charge in [-0.1, -0.05) is 60.7 Å². The lowest BCUT2D eigenvalue weighted by molar-refractivity contribution is -0.123. The Morgan fingerprint density at radius 3 is 2.42 bits per heavy atom. The first-order valence-electron chi connectivity index (χ1n) is 9.65. The highest BCUT2D eigenvalue weighted by Gasteiger charge is 2.46. The van der Waals surface area contributed by atoms with Crippen LogP contribution >= 0.6 is 11.3 Å². The summed E-state index contributed by atoms with van der Waals surface area (Å²) in [6, 6.07) is 20.6. The second-order valence-electron chi connectivity index (χ2n) is 7.20. The molecular formula is C23H19N5O2S. The lowest BCUT2D eigenvalue weighted by Gasteiger charge is -2.25. The van der Waals surface area contributed by atoms with Crippen LogP contribution in [0.1, 0.15) is 18.4 Å². The number of carbonyl (C=O) groups excluding carboxylic acids is 2. The van der Waals surface area contributed by atoms with Gasteiger partial charge in [-0.05, 0) is 12.5 Å². The first-order valence-corrected chi connectivity index (χ1v) is 10.5. The molecule has 2 heterocycles. The van der Waals surface area contributed by atoms with Gasteiger partial charge in [0, 0.05) is 22.6 Å². The molecule has 0 saturated carbocycles. The van der Waals surface area contributed by atoms with Gasteiger partial charge >= 0.3 is 0 Å². The number of aromatic nitrogens is 1. The Balaban J connectivity index is 1.70. The third kappa shape index (κ3) is 3.83. The van der Waals surface area contributed by atoms with Crippen molar-refractivity contribution in [2.45, 2.75) is 12.8 Å². The smallest absolute Gasteiger partial charge is 0.259 e. The van der Waals surface area contributed by atoms with Crippen LogP contribution in [-0.2, 0) is 9.59 Å². The third-order valence-corrected chi connectivity index (χ3v) is 6.09. The molecule has 7 nitrogen and oxygen atoms in total. The molecule has 31 heavy (non-hydrogen) atoms. The summed E-state index contributed by atoms with van der Waals surface area (Å²) in [6.45, 7) is 1.72. The third-order valence-electron chi connectivity index (χ3n) is 5.27. The number of thiazole rings is 1. The molecule has 0 radical (unpaired) electrons. The number of hydrogen-bond acceptors (Lipinski definition) is 6. The Labute approximate surface area is 183 Å². The summed E-state index contributed by atoms with van der Waals surface area (Å²) in [6.07, 6.45) is 0. The van der Waals surface area contributed by atoms with E-state index in [2.05, 4.69) is 10.1 Å². The van der Waals surface area contributed by atoms with E-state index < -0.39 is 23.7 Å². The van der Waals surface area contributed by atoms with E-state index in [1.54, 1.807) is 31.2 Å². The van der Waals surface area contributed by atoms with Crippen LogP contribution in [0, 0.1) is 23.2 Å². The number of carbonyl (C=O) groups is 2. The predicted octanol–water partition coefficient (Wildman–Crippen LogP) is 3.56. The van der Waals surface area contributed by atoms with Crippen molar-refractivity contribution in [3.05, 3.63) is 71.6 Å². The molecule has 8 heteroatoms. The van der Waals surface area contributed by atoms with E-state index in [0.29, 0.717) is 16.4 Å². The van der Waals surface area contributed by atoms with Gasteiger partial charge in [0.05, 0.1) is 17.7 Å². The van der Waals surface area contributed by atoms with Crippen molar-refractivity contribution in [2.75, 3.05) is 5.01 Å². The van der Waals surface area contributed by atoms with Gasteiger partial charge in [-0.3, -0.25) is 9.59 Å². The number of hydrogen-bond donors (Lipinski definition) is 1. The maximum Gasteiger partial charge on any atom is 0.259 e. The predicted molar refractivity (Wildman–Crippen MR) is 119 cm³/mol. The van der Waals surface area contributed by atoms with E-state index in [9.17, 15) is 14.9 Å². The lowest BCUT2D eigenvalue weighted by Crippen LogP contribution is -2.38. The number of rotatable bonds is 6. The van der Waals surface area contributed by atoms with E-state index in [-0.39, 0.29) is 5.91 Å². The van der Waals surface area contributed by atoms with Gasteiger partial charge in [0.25, 0.3) is 5.91 Å². The van der Waals surface area contributed by atoms with Gasteiger partial charge in [0.15, 0.2) is 0 Å². The van der Waals surface area contributed by atoms with Gasteiger partial charge in [0.2, 0.25) is 11.0 Å². The summed E-state index contributed by atoms with van der Waals surface area (Å²) < 4.78 is 0. The van der Waals surface area contributed by atoms with Crippen LogP contribution < -0.4 is 10.7 Å². The van der Waals surface area contributed by atoms with Crippen LogP contribution in [0.4, 0.5) is 5.13 Å². The molecule has 1 aliphatic rings. The summed E-state index contributed by atoms with van der Waals surface area (Å²) in [4.78, 5) is 30.1. The quantitative estimate of drug-likeness (QED) is 0.645. The summed E-state index contributed by atoms with van der Waals surface area (Å²) in [5.41, 5.74) is 8.40. The molecule has 3 aromatic rings. The molecule has 0 unspecified atom stereocenters. The minimum Gasteiger partial charge on any atom is -0.369 e. The van der Waals surface area contributed by atoms with Gasteiger partial charge < -0.3 is 5.73 Å². The summed E-state index contributed by atoms with van der Waals surface area (Å²) in [7, 11) is 0. The van der Waals surface area contributed by atoms with Crippen LogP contribution in [0.15, 0.2) is 71.1 Å². The standard InChI is InChI=1S/C23H19N5O2S/c1-14-19(20(17(12-24)21(25)29)16-10-6-3-7-11-16)22(30)28(27-14)23-26-18(13-31-23)15-8-4-2-5-9-15/h2-11,13,17,19-20H,1H3,(H2,25,29)/t17-,19-,20-/m1/s1. The number of primary amides is 1. The monoisotopic (exact) mass is 429 g/mol. The average molecular weight is 430 g/mol. The molecule has 3 atom stereocenters.